The van der Waals surface area contributed by atoms with Crippen molar-refractivity contribution in [1.29, 1.82) is 0 Å². The van der Waals surface area contributed by atoms with Gasteiger partial charge in [0.25, 0.3) is 0 Å². The first-order valence-corrected chi connectivity index (χ1v) is 8.06. The van der Waals surface area contributed by atoms with Crippen LogP contribution < -0.4 is 9.64 Å². The first-order chi connectivity index (χ1) is 12.2. The molecule has 0 aliphatic carbocycles. The Morgan fingerprint density at radius 2 is 1.85 bits per heavy atom. The van der Waals surface area contributed by atoms with E-state index >= 15 is 0 Å². The lowest BCUT2D eigenvalue weighted by Crippen LogP contribution is -2.39. The number of alkyl halides is 3. The van der Waals surface area contributed by atoms with Crippen molar-refractivity contribution in [2.24, 2.45) is 0 Å². The van der Waals surface area contributed by atoms with E-state index in [-0.39, 0.29) is 24.6 Å². The van der Waals surface area contributed by atoms with Gasteiger partial charge in [-0.2, -0.15) is 0 Å². The van der Waals surface area contributed by atoms with Crippen LogP contribution in [0.1, 0.15) is 0 Å². The molecule has 0 atom stereocenters. The van der Waals surface area contributed by atoms with Crippen LogP contribution in [0.2, 0.25) is 0 Å². The Balaban J connectivity index is 2.48. The number of carbonyl (C=O) groups excluding carboxylic acids is 2. The van der Waals surface area contributed by atoms with Crippen LogP contribution in [0, 0.1) is 3.57 Å². The van der Waals surface area contributed by atoms with Gasteiger partial charge >= 0.3 is 18.3 Å². The molecular formula is C15H13F3INO6. The van der Waals surface area contributed by atoms with Gasteiger partial charge < -0.3 is 23.8 Å². The summed E-state index contributed by atoms with van der Waals surface area (Å²) < 4.78 is 55.9. The van der Waals surface area contributed by atoms with Crippen molar-refractivity contribution in [3.05, 3.63) is 33.0 Å². The first kappa shape index (κ1) is 20.3. The van der Waals surface area contributed by atoms with Crippen LogP contribution in [-0.4, -0.2) is 45.9 Å². The summed E-state index contributed by atoms with van der Waals surface area (Å²) in [5.74, 6) is -2.00. The summed E-state index contributed by atoms with van der Waals surface area (Å²) in [6.45, 7) is -0.278. The molecule has 0 N–H and O–H groups in total. The van der Waals surface area contributed by atoms with Crippen molar-refractivity contribution in [2.75, 3.05) is 32.5 Å². The molecule has 0 aromatic heterocycles. The zero-order valence-electron chi connectivity index (χ0n) is 13.6. The van der Waals surface area contributed by atoms with Gasteiger partial charge in [0.15, 0.2) is 0 Å². The highest BCUT2D eigenvalue weighted by Crippen LogP contribution is 2.34. The van der Waals surface area contributed by atoms with Gasteiger partial charge in [0.2, 0.25) is 0 Å². The number of benzene rings is 1. The van der Waals surface area contributed by atoms with E-state index in [1.54, 1.807) is 22.6 Å². The molecule has 0 fully saturated rings. The summed E-state index contributed by atoms with van der Waals surface area (Å²) in [4.78, 5) is 25.4. The van der Waals surface area contributed by atoms with Crippen LogP contribution in [0.5, 0.6) is 5.75 Å². The Morgan fingerprint density at radius 3 is 2.38 bits per heavy atom. The molecule has 0 unspecified atom stereocenters. The minimum absolute atomic E-state index is 0.0583. The maximum Gasteiger partial charge on any atom is 0.573 e. The van der Waals surface area contributed by atoms with Crippen molar-refractivity contribution >= 4 is 40.2 Å². The lowest BCUT2D eigenvalue weighted by molar-refractivity contribution is -0.274. The van der Waals surface area contributed by atoms with Crippen molar-refractivity contribution in [3.63, 3.8) is 0 Å². The zero-order chi connectivity index (χ0) is 19.5. The minimum atomic E-state index is -4.83. The number of nitrogens with zero attached hydrogens (tertiary/aromatic N) is 1. The van der Waals surface area contributed by atoms with Crippen LogP contribution in [0.4, 0.5) is 18.9 Å². The van der Waals surface area contributed by atoms with Crippen LogP contribution >= 0.6 is 22.6 Å². The Morgan fingerprint density at radius 1 is 1.19 bits per heavy atom. The SMILES string of the molecule is COC(=O)C1=C(C(=O)OC)N(c2ccc(OC(F)(F)F)cc2I)COC1. The standard InChI is InChI=1S/C15H13F3INO6/c1-23-13(21)9-6-25-7-20(12(9)14(22)24-2)11-4-3-8(5-10(11)19)26-15(16,17)18/h3-5H,6-7H2,1-2H3. The maximum atomic E-state index is 12.3. The number of methoxy groups -OCH3 is 2. The number of ether oxygens (including phenoxy) is 4. The van der Waals surface area contributed by atoms with Gasteiger partial charge in [-0.05, 0) is 40.8 Å². The largest absolute Gasteiger partial charge is 0.573 e. The number of rotatable bonds is 4. The van der Waals surface area contributed by atoms with E-state index in [0.29, 0.717) is 9.26 Å². The average molecular weight is 487 g/mol. The molecule has 1 aromatic carbocycles. The van der Waals surface area contributed by atoms with Gasteiger partial charge in [-0.15, -0.1) is 13.2 Å². The molecule has 1 aliphatic rings. The van der Waals surface area contributed by atoms with E-state index in [2.05, 4.69) is 9.47 Å². The van der Waals surface area contributed by atoms with E-state index in [1.807, 2.05) is 0 Å². The third-order valence-corrected chi connectivity index (χ3v) is 4.14. The minimum Gasteiger partial charge on any atom is -0.466 e. The molecule has 1 aromatic rings. The third-order valence-electron chi connectivity index (χ3n) is 3.28. The lowest BCUT2D eigenvalue weighted by Gasteiger charge is -2.32. The highest BCUT2D eigenvalue weighted by molar-refractivity contribution is 14.1. The van der Waals surface area contributed by atoms with E-state index in [9.17, 15) is 22.8 Å². The van der Waals surface area contributed by atoms with E-state index < -0.39 is 24.1 Å². The average Bonchev–Trinajstić information content (AvgIpc) is 2.58. The molecule has 142 valence electrons. The summed E-state index contributed by atoms with van der Waals surface area (Å²) >= 11 is 1.78. The summed E-state index contributed by atoms with van der Waals surface area (Å²) in [5.41, 5.74) is 0.173. The fourth-order valence-corrected chi connectivity index (χ4v) is 3.02. The normalized spacial score (nSPS) is 14.9. The Kier molecular flexibility index (Phi) is 6.34. The van der Waals surface area contributed by atoms with Gasteiger partial charge in [-0.25, -0.2) is 9.59 Å². The highest BCUT2D eigenvalue weighted by Gasteiger charge is 2.34. The molecule has 0 spiro atoms. The second-order valence-corrected chi connectivity index (χ2v) is 6.04. The van der Waals surface area contributed by atoms with Gasteiger partial charge in [0, 0.05) is 3.57 Å². The third kappa shape index (κ3) is 4.58. The summed E-state index contributed by atoms with van der Waals surface area (Å²) in [7, 11) is 2.29. The summed E-state index contributed by atoms with van der Waals surface area (Å²) in [6.07, 6.45) is -4.83. The van der Waals surface area contributed by atoms with E-state index in [1.165, 1.54) is 11.0 Å². The molecule has 0 saturated carbocycles. The molecule has 11 heteroatoms. The number of hydrogen-bond acceptors (Lipinski definition) is 7. The summed E-state index contributed by atoms with van der Waals surface area (Å²) in [6, 6.07) is 3.55. The van der Waals surface area contributed by atoms with Crippen LogP contribution in [-0.2, 0) is 23.8 Å². The van der Waals surface area contributed by atoms with Gasteiger partial charge in [-0.1, -0.05) is 0 Å². The molecule has 1 heterocycles. The molecule has 26 heavy (non-hydrogen) atoms. The molecule has 1 aliphatic heterocycles. The number of carbonyl (C=O) groups is 2. The quantitative estimate of drug-likeness (QED) is 0.478. The van der Waals surface area contributed by atoms with Crippen LogP contribution in [0.25, 0.3) is 0 Å². The predicted octanol–water partition coefficient (Wildman–Crippen LogP) is 2.58. The van der Waals surface area contributed by atoms with Crippen molar-refractivity contribution in [3.8, 4) is 5.75 Å². The zero-order valence-corrected chi connectivity index (χ0v) is 15.7. The molecule has 0 bridgehead atoms. The molecule has 0 radical (unpaired) electrons. The van der Waals surface area contributed by atoms with Crippen molar-refractivity contribution < 1.29 is 41.7 Å². The fourth-order valence-electron chi connectivity index (χ4n) is 2.24. The Bertz CT molecular complexity index is 749. The summed E-state index contributed by atoms with van der Waals surface area (Å²) in [5, 5.41) is 0. The van der Waals surface area contributed by atoms with Gasteiger partial charge in [-0.3, -0.25) is 0 Å². The number of halogens is 4. The molecular weight excluding hydrogens is 474 g/mol. The fraction of sp³-hybridized carbons (Fsp3) is 0.333. The van der Waals surface area contributed by atoms with E-state index in [4.69, 9.17) is 9.47 Å². The van der Waals surface area contributed by atoms with Gasteiger partial charge in [0.1, 0.15) is 18.2 Å². The topological polar surface area (TPSA) is 74.3 Å². The van der Waals surface area contributed by atoms with Crippen molar-refractivity contribution in [2.45, 2.75) is 6.36 Å². The smallest absolute Gasteiger partial charge is 0.466 e. The first-order valence-electron chi connectivity index (χ1n) is 6.98. The number of esters is 2. The number of hydrogen-bond donors (Lipinski definition) is 0. The lowest BCUT2D eigenvalue weighted by atomic mass is 10.1. The Labute approximate surface area is 159 Å². The molecule has 7 nitrogen and oxygen atoms in total. The molecule has 0 saturated heterocycles. The van der Waals surface area contributed by atoms with Crippen LogP contribution in [0.15, 0.2) is 29.5 Å². The molecule has 2 rings (SSSR count). The highest BCUT2D eigenvalue weighted by atomic mass is 127. The predicted molar refractivity (Wildman–Crippen MR) is 90.2 cm³/mol. The number of anilines is 1. The van der Waals surface area contributed by atoms with Crippen molar-refractivity contribution in [1.82, 2.24) is 0 Å². The second kappa shape index (κ2) is 8.12. The van der Waals surface area contributed by atoms with E-state index in [0.717, 1.165) is 26.4 Å². The maximum absolute atomic E-state index is 12.3. The van der Waals surface area contributed by atoms with Crippen LogP contribution in [0.3, 0.4) is 0 Å². The molecule has 0 amide bonds. The Hall–Kier alpha value is -2.02. The van der Waals surface area contributed by atoms with Gasteiger partial charge in [0.05, 0.1) is 32.1 Å². The monoisotopic (exact) mass is 487 g/mol. The second-order valence-electron chi connectivity index (χ2n) is 4.88.